The van der Waals surface area contributed by atoms with Crippen molar-refractivity contribution < 1.29 is 0 Å². The van der Waals surface area contributed by atoms with E-state index in [1.165, 1.54) is 24.9 Å². The van der Waals surface area contributed by atoms with Gasteiger partial charge in [-0.3, -0.25) is 0 Å². The normalized spacial score (nSPS) is 19.6. The van der Waals surface area contributed by atoms with Crippen LogP contribution >= 0.6 is 28.1 Å². The molecule has 2 rings (SSSR count). The van der Waals surface area contributed by atoms with Gasteiger partial charge < -0.3 is 10.6 Å². The van der Waals surface area contributed by atoms with Crippen molar-refractivity contribution in [1.29, 1.82) is 0 Å². The van der Waals surface area contributed by atoms with Crippen LogP contribution in [-0.4, -0.2) is 17.6 Å². The molecule has 4 heteroatoms. The summed E-state index contributed by atoms with van der Waals surface area (Å²) in [7, 11) is 0. The molecule has 0 radical (unpaired) electrons. The highest BCUT2D eigenvalue weighted by Crippen LogP contribution is 2.33. The minimum atomic E-state index is 0.467. The summed E-state index contributed by atoms with van der Waals surface area (Å²) >= 11 is 8.71. The second-order valence-corrected chi connectivity index (χ2v) is 5.69. The van der Waals surface area contributed by atoms with Crippen LogP contribution in [0.2, 0.25) is 0 Å². The van der Waals surface area contributed by atoms with Crippen LogP contribution in [0.3, 0.4) is 0 Å². The van der Waals surface area contributed by atoms with Crippen molar-refractivity contribution in [2.75, 3.05) is 11.4 Å². The lowest BCUT2D eigenvalue weighted by atomic mass is 10.1. The van der Waals surface area contributed by atoms with Gasteiger partial charge in [0.15, 0.2) is 0 Å². The second-order valence-electron chi connectivity index (χ2n) is 4.40. The summed E-state index contributed by atoms with van der Waals surface area (Å²) in [6.45, 7) is 3.34. The Labute approximate surface area is 116 Å². The zero-order valence-corrected chi connectivity index (χ0v) is 12.4. The smallest absolute Gasteiger partial charge is 0.107 e. The van der Waals surface area contributed by atoms with Crippen LogP contribution in [0, 0.1) is 0 Å². The highest BCUT2D eigenvalue weighted by molar-refractivity contribution is 9.10. The molecule has 1 aromatic carbocycles. The van der Waals surface area contributed by atoms with E-state index in [0.717, 1.165) is 16.6 Å². The van der Waals surface area contributed by atoms with E-state index in [-0.39, 0.29) is 0 Å². The van der Waals surface area contributed by atoms with Gasteiger partial charge in [-0.2, -0.15) is 0 Å². The highest BCUT2D eigenvalue weighted by atomic mass is 79.9. The number of nitrogens with two attached hydrogens (primary N) is 1. The number of nitrogens with zero attached hydrogens (tertiary/aromatic N) is 1. The fourth-order valence-corrected chi connectivity index (χ4v) is 3.49. The Morgan fingerprint density at radius 1 is 1.59 bits per heavy atom. The maximum Gasteiger partial charge on any atom is 0.107 e. The molecule has 0 spiro atoms. The quantitative estimate of drug-likeness (QED) is 0.867. The van der Waals surface area contributed by atoms with Crippen LogP contribution in [0.25, 0.3) is 0 Å². The third-order valence-corrected chi connectivity index (χ3v) is 4.26. The summed E-state index contributed by atoms with van der Waals surface area (Å²) in [6, 6.07) is 6.78. The first-order valence-electron chi connectivity index (χ1n) is 6.00. The number of anilines is 1. The molecule has 1 saturated heterocycles. The molecule has 0 amide bonds. The van der Waals surface area contributed by atoms with Crippen molar-refractivity contribution in [2.45, 2.75) is 32.2 Å². The highest BCUT2D eigenvalue weighted by Gasteiger charge is 2.26. The first kappa shape index (κ1) is 12.8. The lowest BCUT2D eigenvalue weighted by Gasteiger charge is -2.28. The van der Waals surface area contributed by atoms with Gasteiger partial charge in [-0.15, -0.1) is 0 Å². The van der Waals surface area contributed by atoms with Crippen molar-refractivity contribution in [3.05, 3.63) is 28.2 Å². The Morgan fingerprint density at radius 3 is 3.00 bits per heavy atom. The molecule has 1 aromatic rings. The summed E-state index contributed by atoms with van der Waals surface area (Å²) in [6.07, 6.45) is 3.69. The number of thiocarbonyl (C=S) groups is 1. The molecule has 2 nitrogen and oxygen atoms in total. The van der Waals surface area contributed by atoms with Gasteiger partial charge in [0.2, 0.25) is 0 Å². The molecule has 92 valence electrons. The molecule has 1 heterocycles. The molecule has 0 aromatic heterocycles. The second kappa shape index (κ2) is 5.36. The van der Waals surface area contributed by atoms with E-state index in [2.05, 4.69) is 33.8 Å². The first-order valence-corrected chi connectivity index (χ1v) is 7.20. The predicted octanol–water partition coefficient (Wildman–Crippen LogP) is 3.46. The minimum absolute atomic E-state index is 0.467. The molecule has 2 N–H and O–H groups in total. The Bertz CT molecular complexity index is 433. The summed E-state index contributed by atoms with van der Waals surface area (Å²) < 4.78 is 0.990. The van der Waals surface area contributed by atoms with Crippen LogP contribution in [0.15, 0.2) is 22.7 Å². The third-order valence-electron chi connectivity index (χ3n) is 3.40. The number of hydrogen-bond donors (Lipinski definition) is 1. The van der Waals surface area contributed by atoms with Gasteiger partial charge in [0.1, 0.15) is 4.99 Å². The van der Waals surface area contributed by atoms with Crippen LogP contribution in [0.1, 0.15) is 31.7 Å². The van der Waals surface area contributed by atoms with Gasteiger partial charge in [-0.05, 0) is 47.3 Å². The number of hydrogen-bond acceptors (Lipinski definition) is 2. The average molecular weight is 313 g/mol. The molecule has 1 aliphatic heterocycles. The van der Waals surface area contributed by atoms with E-state index in [0.29, 0.717) is 11.0 Å². The fourth-order valence-electron chi connectivity index (χ4n) is 2.57. The van der Waals surface area contributed by atoms with E-state index >= 15 is 0 Å². The van der Waals surface area contributed by atoms with Crippen LogP contribution in [-0.2, 0) is 0 Å². The van der Waals surface area contributed by atoms with Crippen molar-refractivity contribution in [3.63, 3.8) is 0 Å². The van der Waals surface area contributed by atoms with E-state index in [4.69, 9.17) is 18.0 Å². The monoisotopic (exact) mass is 312 g/mol. The summed E-state index contributed by atoms with van der Waals surface area (Å²) in [5.41, 5.74) is 8.00. The summed E-state index contributed by atoms with van der Waals surface area (Å²) in [5, 5.41) is 0. The number of benzene rings is 1. The molecule has 0 aliphatic carbocycles. The lowest BCUT2D eigenvalue weighted by molar-refractivity contribution is 0.645. The molecular weight excluding hydrogens is 296 g/mol. The van der Waals surface area contributed by atoms with Gasteiger partial charge in [0.05, 0.1) is 0 Å². The van der Waals surface area contributed by atoms with Crippen LogP contribution < -0.4 is 10.6 Å². The molecule has 1 unspecified atom stereocenters. The SMILES string of the molecule is CCC1CCCN1c1cccc(Br)c1C(N)=S. The topological polar surface area (TPSA) is 29.3 Å². The molecule has 0 saturated carbocycles. The Morgan fingerprint density at radius 2 is 2.35 bits per heavy atom. The van der Waals surface area contributed by atoms with Gasteiger partial charge in [0.25, 0.3) is 0 Å². The minimum Gasteiger partial charge on any atom is -0.389 e. The Kier molecular flexibility index (Phi) is 4.05. The van der Waals surface area contributed by atoms with Crippen molar-refractivity contribution in [2.24, 2.45) is 5.73 Å². The van der Waals surface area contributed by atoms with Crippen molar-refractivity contribution in [3.8, 4) is 0 Å². The largest absolute Gasteiger partial charge is 0.389 e. The predicted molar refractivity (Wildman–Crippen MR) is 80.7 cm³/mol. The molecule has 0 bridgehead atoms. The standard InChI is InChI=1S/C13H17BrN2S/c1-2-9-5-4-8-16(9)11-7-3-6-10(14)12(11)13(15)17/h3,6-7,9H,2,4-5,8H2,1H3,(H2,15,17). The van der Waals surface area contributed by atoms with E-state index in [1.54, 1.807) is 0 Å². The van der Waals surface area contributed by atoms with Crippen molar-refractivity contribution >= 4 is 38.8 Å². The maximum absolute atomic E-state index is 5.84. The van der Waals surface area contributed by atoms with Gasteiger partial charge in [-0.1, -0.05) is 25.2 Å². The zero-order chi connectivity index (χ0) is 12.4. The first-order chi connectivity index (χ1) is 8.15. The molecule has 1 aliphatic rings. The zero-order valence-electron chi connectivity index (χ0n) is 9.95. The Hall–Kier alpha value is -0.610. The third kappa shape index (κ3) is 2.47. The summed E-state index contributed by atoms with van der Waals surface area (Å²) in [4.78, 5) is 2.91. The number of halogens is 1. The van der Waals surface area contributed by atoms with E-state index in [9.17, 15) is 0 Å². The fraction of sp³-hybridized carbons (Fsp3) is 0.462. The van der Waals surface area contributed by atoms with Crippen LogP contribution in [0.4, 0.5) is 5.69 Å². The van der Waals surface area contributed by atoms with Crippen molar-refractivity contribution in [1.82, 2.24) is 0 Å². The summed E-state index contributed by atoms with van der Waals surface area (Å²) in [5.74, 6) is 0. The Balaban J connectivity index is 2.44. The number of rotatable bonds is 3. The van der Waals surface area contributed by atoms with Gasteiger partial charge >= 0.3 is 0 Å². The van der Waals surface area contributed by atoms with E-state index in [1.807, 2.05) is 12.1 Å². The molecule has 1 atom stereocenters. The molecule has 1 fully saturated rings. The molecule has 17 heavy (non-hydrogen) atoms. The maximum atomic E-state index is 5.84. The van der Waals surface area contributed by atoms with Gasteiger partial charge in [-0.25, -0.2) is 0 Å². The molecular formula is C13H17BrN2S. The lowest BCUT2D eigenvalue weighted by Crippen LogP contribution is -2.30. The van der Waals surface area contributed by atoms with Gasteiger partial charge in [0, 0.05) is 28.3 Å². The van der Waals surface area contributed by atoms with E-state index < -0.39 is 0 Å². The average Bonchev–Trinajstić information content (AvgIpc) is 2.75. The van der Waals surface area contributed by atoms with Crippen LogP contribution in [0.5, 0.6) is 0 Å².